The minimum Gasteiger partial charge on any atom is -0.359 e. The fourth-order valence-corrected chi connectivity index (χ4v) is 1.68. The van der Waals surface area contributed by atoms with Crippen LogP contribution in [0, 0.1) is 11.3 Å². The summed E-state index contributed by atoms with van der Waals surface area (Å²) in [6, 6.07) is 1.93. The van der Waals surface area contributed by atoms with Crippen molar-refractivity contribution in [3.8, 4) is 6.07 Å². The number of hydrogen-bond donors (Lipinski definition) is 0. The lowest BCUT2D eigenvalue weighted by molar-refractivity contribution is 0.412. The minimum atomic E-state index is -0.103. The fraction of sp³-hybridized carbons (Fsp3) is 0.286. The monoisotopic (exact) mass is 187 g/mol. The topological polar surface area (TPSA) is 36.3 Å². The number of ether oxygens (including phenoxy) is 1. The summed E-state index contributed by atoms with van der Waals surface area (Å²) in [6.07, 6.45) is 1.61. The molecule has 0 aromatic heterocycles. The molecule has 1 fully saturated rings. The van der Waals surface area contributed by atoms with Gasteiger partial charge in [0.25, 0.3) is 0 Å². The normalized spacial score (nSPS) is 34.1. The highest BCUT2D eigenvalue weighted by Crippen LogP contribution is 2.42. The van der Waals surface area contributed by atoms with Crippen molar-refractivity contribution < 1.29 is 4.74 Å². The Labute approximate surface area is 73.7 Å². The van der Waals surface area contributed by atoms with E-state index in [1.54, 1.807) is 6.08 Å². The van der Waals surface area contributed by atoms with Crippen LogP contribution in [0.2, 0.25) is 0 Å². The molecule has 0 aromatic carbocycles. The number of nitriles is 1. The molecule has 0 saturated carbocycles. The van der Waals surface area contributed by atoms with E-state index in [9.17, 15) is 0 Å². The highest BCUT2D eigenvalue weighted by atomic mass is 35.5. The Morgan fingerprint density at radius 2 is 2.27 bits per heavy atom. The van der Waals surface area contributed by atoms with E-state index < -0.39 is 0 Å². The predicted molar refractivity (Wildman–Crippen MR) is 41.1 cm³/mol. The molecule has 1 aliphatic carbocycles. The van der Waals surface area contributed by atoms with E-state index in [4.69, 9.17) is 33.2 Å². The van der Waals surface area contributed by atoms with Gasteiger partial charge in [-0.15, -0.1) is 0 Å². The third-order valence-corrected chi connectivity index (χ3v) is 2.39. The van der Waals surface area contributed by atoms with Gasteiger partial charge in [0.2, 0.25) is 0 Å². The maximum atomic E-state index is 8.60. The lowest BCUT2D eigenvalue weighted by Gasteiger charge is -2.02. The lowest BCUT2D eigenvalue weighted by Crippen LogP contribution is -2.01. The summed E-state index contributed by atoms with van der Waals surface area (Å²) in [5.74, 6) is 0. The van der Waals surface area contributed by atoms with Gasteiger partial charge in [-0.3, -0.25) is 0 Å². The molecule has 2 rings (SSSR count). The average Bonchev–Trinajstić information content (AvgIpc) is 2.68. The summed E-state index contributed by atoms with van der Waals surface area (Å²) in [5.41, 5.74) is 0.340. The minimum absolute atomic E-state index is 0.00657. The summed E-state index contributed by atoms with van der Waals surface area (Å²) in [7, 11) is 0. The van der Waals surface area contributed by atoms with Crippen LogP contribution in [0.5, 0.6) is 0 Å². The van der Waals surface area contributed by atoms with Gasteiger partial charge in [0, 0.05) is 0 Å². The molecule has 56 valence electrons. The van der Waals surface area contributed by atoms with Gasteiger partial charge >= 0.3 is 0 Å². The lowest BCUT2D eigenvalue weighted by atomic mass is 10.1. The second-order valence-corrected chi connectivity index (χ2v) is 3.19. The van der Waals surface area contributed by atoms with E-state index in [0.717, 1.165) is 0 Å². The molecule has 0 spiro atoms. The number of allylic oxidation sites excluding steroid dienone is 2. The van der Waals surface area contributed by atoms with Crippen LogP contribution < -0.4 is 0 Å². The molecule has 0 bridgehead atoms. The highest BCUT2D eigenvalue weighted by molar-refractivity contribution is 6.37. The molecule has 11 heavy (non-hydrogen) atoms. The summed E-state index contributed by atoms with van der Waals surface area (Å²) in [4.78, 5) is 0. The Balaban J connectivity index is 2.46. The Morgan fingerprint density at radius 3 is 2.91 bits per heavy atom. The molecule has 0 amide bonds. The van der Waals surface area contributed by atoms with E-state index in [2.05, 4.69) is 0 Å². The first-order valence-corrected chi connectivity index (χ1v) is 3.82. The Hall–Kier alpha value is -0.490. The maximum Gasteiger partial charge on any atom is 0.125 e. The average molecular weight is 188 g/mol. The van der Waals surface area contributed by atoms with Crippen molar-refractivity contribution in [2.75, 3.05) is 0 Å². The Bertz CT molecular complexity index is 313. The van der Waals surface area contributed by atoms with Crippen LogP contribution in [-0.2, 0) is 4.74 Å². The van der Waals surface area contributed by atoms with Crippen molar-refractivity contribution in [3.63, 3.8) is 0 Å². The molecule has 2 unspecified atom stereocenters. The summed E-state index contributed by atoms with van der Waals surface area (Å²) < 4.78 is 5.09. The maximum absolute atomic E-state index is 8.60. The largest absolute Gasteiger partial charge is 0.359 e. The summed E-state index contributed by atoms with van der Waals surface area (Å²) in [6.45, 7) is 0. The van der Waals surface area contributed by atoms with Gasteiger partial charge < -0.3 is 4.74 Å². The quantitative estimate of drug-likeness (QED) is 0.544. The molecular weight excluding hydrogens is 185 g/mol. The van der Waals surface area contributed by atoms with Gasteiger partial charge in [-0.05, 0) is 6.08 Å². The van der Waals surface area contributed by atoms with Crippen LogP contribution in [0.1, 0.15) is 0 Å². The highest BCUT2D eigenvalue weighted by Gasteiger charge is 2.44. The number of rotatable bonds is 0. The van der Waals surface area contributed by atoms with Crippen molar-refractivity contribution in [1.29, 1.82) is 5.26 Å². The van der Waals surface area contributed by atoms with Crippen molar-refractivity contribution >= 4 is 23.2 Å². The first kappa shape index (κ1) is 7.17. The molecule has 1 saturated heterocycles. The molecule has 1 aliphatic heterocycles. The van der Waals surface area contributed by atoms with Crippen LogP contribution in [-0.4, -0.2) is 12.2 Å². The van der Waals surface area contributed by atoms with Gasteiger partial charge in [-0.25, -0.2) is 0 Å². The SMILES string of the molecule is N#CC1=C(Cl)C2OC2C=C1Cl. The molecule has 1 heterocycles. The second kappa shape index (κ2) is 2.25. The smallest absolute Gasteiger partial charge is 0.125 e. The molecule has 4 heteroatoms. The molecule has 2 nitrogen and oxygen atoms in total. The number of fused-ring (bicyclic) bond motifs is 1. The van der Waals surface area contributed by atoms with Crippen LogP contribution in [0.25, 0.3) is 0 Å². The number of halogens is 2. The number of hydrogen-bond acceptors (Lipinski definition) is 2. The van der Waals surface area contributed by atoms with Gasteiger partial charge in [-0.1, -0.05) is 23.2 Å². The van der Waals surface area contributed by atoms with Crippen molar-refractivity contribution in [1.82, 2.24) is 0 Å². The Morgan fingerprint density at radius 1 is 1.55 bits per heavy atom. The molecule has 2 atom stereocenters. The Kier molecular flexibility index (Phi) is 1.47. The molecule has 2 aliphatic rings. The summed E-state index contributed by atoms with van der Waals surface area (Å²) >= 11 is 11.5. The third-order valence-electron chi connectivity index (χ3n) is 1.68. The molecule has 0 aromatic rings. The van der Waals surface area contributed by atoms with Gasteiger partial charge in [0.05, 0.1) is 15.6 Å². The van der Waals surface area contributed by atoms with E-state index >= 15 is 0 Å². The summed E-state index contributed by atoms with van der Waals surface area (Å²) in [5, 5.41) is 9.43. The molecule has 0 N–H and O–H groups in total. The van der Waals surface area contributed by atoms with Gasteiger partial charge in [-0.2, -0.15) is 5.26 Å². The molecular formula is C7H3Cl2NO. The zero-order chi connectivity index (χ0) is 8.01. The second-order valence-electron chi connectivity index (χ2n) is 2.37. The van der Waals surface area contributed by atoms with E-state index in [-0.39, 0.29) is 12.2 Å². The first-order valence-electron chi connectivity index (χ1n) is 3.07. The van der Waals surface area contributed by atoms with Gasteiger partial charge in [0.15, 0.2) is 0 Å². The third kappa shape index (κ3) is 0.970. The van der Waals surface area contributed by atoms with E-state index in [1.807, 2.05) is 6.07 Å². The fourth-order valence-electron chi connectivity index (χ4n) is 1.05. The number of epoxide rings is 1. The van der Waals surface area contributed by atoms with Crippen LogP contribution >= 0.6 is 23.2 Å². The standard InChI is InChI=1S/C7H3Cl2NO/c8-4-1-5-7(11-5)6(9)3(4)2-10/h1,5,7H. The van der Waals surface area contributed by atoms with Crippen LogP contribution in [0.15, 0.2) is 21.7 Å². The van der Waals surface area contributed by atoms with Crippen molar-refractivity contribution in [2.45, 2.75) is 12.2 Å². The van der Waals surface area contributed by atoms with Crippen molar-refractivity contribution in [3.05, 3.63) is 21.7 Å². The van der Waals surface area contributed by atoms with Crippen molar-refractivity contribution in [2.24, 2.45) is 0 Å². The molecule has 0 radical (unpaired) electrons. The predicted octanol–water partition coefficient (Wildman–Crippen LogP) is 1.91. The zero-order valence-electron chi connectivity index (χ0n) is 5.34. The van der Waals surface area contributed by atoms with Crippen LogP contribution in [0.4, 0.5) is 0 Å². The van der Waals surface area contributed by atoms with E-state index in [1.165, 1.54) is 0 Å². The van der Waals surface area contributed by atoms with Crippen LogP contribution in [0.3, 0.4) is 0 Å². The van der Waals surface area contributed by atoms with E-state index in [0.29, 0.717) is 15.6 Å². The first-order chi connectivity index (χ1) is 5.24. The van der Waals surface area contributed by atoms with Gasteiger partial charge in [0.1, 0.15) is 18.3 Å². The zero-order valence-corrected chi connectivity index (χ0v) is 6.86. The number of nitrogens with zero attached hydrogens (tertiary/aromatic N) is 1.